The lowest BCUT2D eigenvalue weighted by Crippen LogP contribution is -2.31. The molecule has 3 aromatic rings. The maximum atomic E-state index is 12.5. The van der Waals surface area contributed by atoms with E-state index in [9.17, 15) is 9.90 Å². The summed E-state index contributed by atoms with van der Waals surface area (Å²) in [5.41, 5.74) is 4.54. The number of hydrogen-bond donors (Lipinski definition) is 1. The zero-order valence-corrected chi connectivity index (χ0v) is 16.4. The molecule has 3 heterocycles. The summed E-state index contributed by atoms with van der Waals surface area (Å²) in [6.45, 7) is 4.88. The van der Waals surface area contributed by atoms with E-state index >= 15 is 0 Å². The third-order valence-corrected chi connectivity index (χ3v) is 5.08. The van der Waals surface area contributed by atoms with Crippen LogP contribution >= 0.6 is 0 Å². The van der Waals surface area contributed by atoms with Crippen molar-refractivity contribution in [2.24, 2.45) is 0 Å². The number of hydrogen-bond acceptors (Lipinski definition) is 6. The normalized spacial score (nSPS) is 13.8. The number of benzene rings is 1. The summed E-state index contributed by atoms with van der Waals surface area (Å²) in [4.78, 5) is 18.9. The van der Waals surface area contributed by atoms with Gasteiger partial charge in [-0.15, -0.1) is 0 Å². The monoisotopic (exact) mass is 392 g/mol. The average molecular weight is 392 g/mol. The van der Waals surface area contributed by atoms with Gasteiger partial charge in [0.1, 0.15) is 5.75 Å². The van der Waals surface area contributed by atoms with Gasteiger partial charge in [-0.05, 0) is 42.3 Å². The van der Waals surface area contributed by atoms with Crippen molar-refractivity contribution in [1.29, 1.82) is 0 Å². The van der Waals surface area contributed by atoms with E-state index in [4.69, 9.17) is 4.74 Å². The minimum atomic E-state index is -0.378. The predicted octanol–water partition coefficient (Wildman–Crippen LogP) is 2.77. The van der Waals surface area contributed by atoms with Crippen LogP contribution in [-0.4, -0.2) is 43.9 Å². The third kappa shape index (κ3) is 4.30. The summed E-state index contributed by atoms with van der Waals surface area (Å²) in [6, 6.07) is 11.2. The molecule has 0 bridgehead atoms. The van der Waals surface area contributed by atoms with Gasteiger partial charge in [0.15, 0.2) is 5.69 Å². The number of aromatic nitrogens is 3. The molecule has 7 nitrogen and oxygen atoms in total. The van der Waals surface area contributed by atoms with Crippen LogP contribution in [0, 0.1) is 0 Å². The Morgan fingerprint density at radius 3 is 2.76 bits per heavy atom. The molecule has 1 N–H and O–H groups in total. The van der Waals surface area contributed by atoms with Gasteiger partial charge < -0.3 is 9.84 Å². The Morgan fingerprint density at radius 2 is 2.00 bits per heavy atom. The fourth-order valence-electron chi connectivity index (χ4n) is 3.75. The van der Waals surface area contributed by atoms with Gasteiger partial charge in [0.2, 0.25) is 0 Å². The molecule has 1 aliphatic heterocycles. The van der Waals surface area contributed by atoms with Crippen LogP contribution in [0.15, 0.2) is 48.8 Å². The standard InChI is InChI=1S/C22H24N4O3/c1-2-29-22(28)21-19-15-25(13-17-4-3-5-18(27)12-17)11-8-20(19)26(24-21)14-16-6-9-23-10-7-16/h3-7,9-10,12,27H,2,8,11,13-15H2,1H3. The molecule has 1 aliphatic rings. The van der Waals surface area contributed by atoms with Crippen LogP contribution in [0.5, 0.6) is 5.75 Å². The van der Waals surface area contributed by atoms with Crippen molar-refractivity contribution in [1.82, 2.24) is 19.7 Å². The van der Waals surface area contributed by atoms with E-state index in [2.05, 4.69) is 15.0 Å². The lowest BCUT2D eigenvalue weighted by molar-refractivity contribution is 0.0515. The van der Waals surface area contributed by atoms with E-state index in [1.54, 1.807) is 31.5 Å². The van der Waals surface area contributed by atoms with Crippen molar-refractivity contribution in [3.05, 3.63) is 76.9 Å². The quantitative estimate of drug-likeness (QED) is 0.650. The van der Waals surface area contributed by atoms with E-state index < -0.39 is 0 Å². The first kappa shape index (κ1) is 19.1. The molecular weight excluding hydrogens is 368 g/mol. The Balaban J connectivity index is 1.61. The Bertz CT molecular complexity index is 1000. The van der Waals surface area contributed by atoms with E-state index in [1.807, 2.05) is 28.9 Å². The number of carbonyl (C=O) groups excluding carboxylic acids is 1. The number of aromatic hydroxyl groups is 1. The summed E-state index contributed by atoms with van der Waals surface area (Å²) >= 11 is 0. The lowest BCUT2D eigenvalue weighted by Gasteiger charge is -2.27. The number of nitrogens with zero attached hydrogens (tertiary/aromatic N) is 4. The molecule has 29 heavy (non-hydrogen) atoms. The highest BCUT2D eigenvalue weighted by Crippen LogP contribution is 2.26. The van der Waals surface area contributed by atoms with Crippen molar-refractivity contribution < 1.29 is 14.6 Å². The Morgan fingerprint density at radius 1 is 1.17 bits per heavy atom. The Hall–Kier alpha value is -3.19. The number of carbonyl (C=O) groups is 1. The highest BCUT2D eigenvalue weighted by Gasteiger charge is 2.29. The molecule has 0 fully saturated rings. The van der Waals surface area contributed by atoms with Crippen LogP contribution in [-0.2, 0) is 30.8 Å². The molecule has 0 spiro atoms. The van der Waals surface area contributed by atoms with Crippen LogP contribution in [0.3, 0.4) is 0 Å². The topological polar surface area (TPSA) is 80.5 Å². The van der Waals surface area contributed by atoms with Crippen molar-refractivity contribution in [3.63, 3.8) is 0 Å². The molecule has 0 radical (unpaired) electrons. The smallest absolute Gasteiger partial charge is 0.359 e. The van der Waals surface area contributed by atoms with E-state index in [0.717, 1.165) is 35.3 Å². The Kier molecular flexibility index (Phi) is 5.57. The van der Waals surface area contributed by atoms with Crippen molar-refractivity contribution in [3.8, 4) is 5.75 Å². The minimum absolute atomic E-state index is 0.262. The van der Waals surface area contributed by atoms with Crippen molar-refractivity contribution >= 4 is 5.97 Å². The first-order chi connectivity index (χ1) is 14.1. The lowest BCUT2D eigenvalue weighted by atomic mass is 10.0. The summed E-state index contributed by atoms with van der Waals surface area (Å²) in [5, 5.41) is 14.3. The molecule has 0 amide bonds. The maximum absolute atomic E-state index is 12.5. The molecule has 0 aliphatic carbocycles. The van der Waals surface area contributed by atoms with Gasteiger partial charge in [0.25, 0.3) is 0 Å². The van der Waals surface area contributed by atoms with Crippen LogP contribution < -0.4 is 0 Å². The summed E-state index contributed by atoms with van der Waals surface area (Å²) in [6.07, 6.45) is 4.31. The molecular formula is C22H24N4O3. The first-order valence-electron chi connectivity index (χ1n) is 9.79. The predicted molar refractivity (Wildman–Crippen MR) is 107 cm³/mol. The highest BCUT2D eigenvalue weighted by molar-refractivity contribution is 5.89. The summed E-state index contributed by atoms with van der Waals surface area (Å²) < 4.78 is 7.17. The SMILES string of the molecule is CCOC(=O)c1nn(Cc2ccncc2)c2c1CN(Cc1cccc(O)c1)CC2. The zero-order chi connectivity index (χ0) is 20.2. The zero-order valence-electron chi connectivity index (χ0n) is 16.4. The maximum Gasteiger partial charge on any atom is 0.359 e. The van der Waals surface area contributed by atoms with Crippen LogP contribution in [0.2, 0.25) is 0 Å². The fourth-order valence-corrected chi connectivity index (χ4v) is 3.75. The molecule has 150 valence electrons. The minimum Gasteiger partial charge on any atom is -0.508 e. The number of pyridine rings is 1. The van der Waals surface area contributed by atoms with Gasteiger partial charge in [-0.1, -0.05) is 12.1 Å². The molecule has 0 atom stereocenters. The highest BCUT2D eigenvalue weighted by atomic mass is 16.5. The Labute approximate surface area is 169 Å². The number of ether oxygens (including phenoxy) is 1. The number of phenolic OH excluding ortho intramolecular Hbond substituents is 1. The summed E-state index contributed by atoms with van der Waals surface area (Å²) in [7, 11) is 0. The van der Waals surface area contributed by atoms with Gasteiger partial charge >= 0.3 is 5.97 Å². The molecule has 0 saturated carbocycles. The second-order valence-electron chi connectivity index (χ2n) is 7.14. The number of rotatable bonds is 6. The number of fused-ring (bicyclic) bond motifs is 1. The number of phenols is 1. The van der Waals surface area contributed by atoms with E-state index in [-0.39, 0.29) is 11.7 Å². The molecule has 2 aromatic heterocycles. The molecule has 7 heteroatoms. The molecule has 4 rings (SSSR count). The summed E-state index contributed by atoms with van der Waals surface area (Å²) in [5.74, 6) is -0.117. The van der Waals surface area contributed by atoms with Crippen LogP contribution in [0.25, 0.3) is 0 Å². The van der Waals surface area contributed by atoms with E-state index in [1.165, 1.54) is 0 Å². The second kappa shape index (κ2) is 8.45. The molecule has 0 saturated heterocycles. The van der Waals surface area contributed by atoms with Gasteiger partial charge in [0.05, 0.1) is 13.2 Å². The van der Waals surface area contributed by atoms with Gasteiger partial charge in [-0.2, -0.15) is 5.10 Å². The van der Waals surface area contributed by atoms with E-state index in [0.29, 0.717) is 31.9 Å². The van der Waals surface area contributed by atoms with Crippen LogP contribution in [0.1, 0.15) is 39.8 Å². The average Bonchev–Trinajstić information content (AvgIpc) is 3.07. The van der Waals surface area contributed by atoms with Gasteiger partial charge in [-0.25, -0.2) is 4.79 Å². The fraction of sp³-hybridized carbons (Fsp3) is 0.318. The molecule has 0 unspecified atom stereocenters. The second-order valence-corrected chi connectivity index (χ2v) is 7.14. The largest absolute Gasteiger partial charge is 0.508 e. The van der Waals surface area contributed by atoms with Crippen LogP contribution in [0.4, 0.5) is 0 Å². The van der Waals surface area contributed by atoms with Crippen molar-refractivity contribution in [2.45, 2.75) is 33.0 Å². The van der Waals surface area contributed by atoms with Gasteiger partial charge in [-0.3, -0.25) is 14.6 Å². The molecule has 1 aromatic carbocycles. The number of esters is 1. The first-order valence-corrected chi connectivity index (χ1v) is 9.79. The van der Waals surface area contributed by atoms with Crippen molar-refractivity contribution in [2.75, 3.05) is 13.2 Å². The third-order valence-electron chi connectivity index (χ3n) is 5.08. The van der Waals surface area contributed by atoms with Gasteiger partial charge in [0, 0.05) is 49.7 Å².